The average Bonchev–Trinajstić information content (AvgIpc) is 2.35. The maximum Gasteiger partial charge on any atom is 0.346 e. The van der Waals surface area contributed by atoms with Crippen LogP contribution in [-0.2, 0) is 18.7 Å². The second kappa shape index (κ2) is 8.68. The van der Waals surface area contributed by atoms with Crippen LogP contribution in [0, 0.1) is 0 Å². The third-order valence-corrected chi connectivity index (χ3v) is 5.36. The van der Waals surface area contributed by atoms with Crippen molar-refractivity contribution < 1.29 is 43.4 Å². The fourth-order valence-electron chi connectivity index (χ4n) is 2.07. The van der Waals surface area contributed by atoms with Gasteiger partial charge in [0, 0.05) is 6.42 Å². The first-order chi connectivity index (χ1) is 10.8. The maximum absolute atomic E-state index is 11.6. The van der Waals surface area contributed by atoms with Gasteiger partial charge < -0.3 is 30.4 Å². The standard InChI is InChI=1S/C11H20N2O9P2/c1-3-9(23(17,18)19)13(10(4-2)24(20,21)22)7(11(15)16)5-6-8(12)14/h3-4,7,9-10H,1-2,5-6H2,(H2,12,14)(H,15,16)(H2,17,18,19)(H2,20,21,22). The summed E-state index contributed by atoms with van der Waals surface area (Å²) in [6, 6.07) is -1.83. The van der Waals surface area contributed by atoms with E-state index in [1.807, 2.05) is 0 Å². The summed E-state index contributed by atoms with van der Waals surface area (Å²) in [7, 11) is -10.1. The number of carboxylic acid groups (broad SMARTS) is 1. The second-order valence-corrected chi connectivity index (χ2v) is 8.20. The van der Waals surface area contributed by atoms with Crippen LogP contribution in [-0.4, -0.2) is 59.1 Å². The quantitative estimate of drug-likeness (QED) is 0.196. The molecule has 3 unspecified atom stereocenters. The van der Waals surface area contributed by atoms with Gasteiger partial charge in [0.1, 0.15) is 17.6 Å². The fraction of sp³-hybridized carbons (Fsp3) is 0.455. The molecule has 3 atom stereocenters. The highest BCUT2D eigenvalue weighted by Crippen LogP contribution is 2.52. The number of primary amides is 1. The van der Waals surface area contributed by atoms with E-state index >= 15 is 0 Å². The van der Waals surface area contributed by atoms with Gasteiger partial charge in [-0.15, -0.1) is 13.2 Å². The number of hydrogen-bond donors (Lipinski definition) is 6. The van der Waals surface area contributed by atoms with Crippen molar-refractivity contribution in [3.8, 4) is 0 Å². The zero-order valence-electron chi connectivity index (χ0n) is 12.5. The van der Waals surface area contributed by atoms with Crippen molar-refractivity contribution in [1.82, 2.24) is 4.90 Å². The van der Waals surface area contributed by atoms with Gasteiger partial charge in [-0.05, 0) is 6.42 Å². The van der Waals surface area contributed by atoms with Gasteiger partial charge in [0.15, 0.2) is 0 Å². The van der Waals surface area contributed by atoms with Gasteiger partial charge in [-0.25, -0.2) is 0 Å². The van der Waals surface area contributed by atoms with E-state index in [0.717, 1.165) is 0 Å². The minimum Gasteiger partial charge on any atom is -0.480 e. The Kier molecular flexibility index (Phi) is 8.20. The molecule has 13 heteroatoms. The van der Waals surface area contributed by atoms with E-state index in [9.17, 15) is 43.4 Å². The van der Waals surface area contributed by atoms with Crippen LogP contribution < -0.4 is 5.73 Å². The van der Waals surface area contributed by atoms with Crippen LogP contribution in [0.15, 0.2) is 25.3 Å². The Morgan fingerprint density at radius 1 is 1.04 bits per heavy atom. The average molecular weight is 386 g/mol. The zero-order chi connectivity index (χ0) is 19.3. The number of nitrogens with two attached hydrogens (primary N) is 1. The number of carbonyl (C=O) groups excluding carboxylic acids is 1. The van der Waals surface area contributed by atoms with Crippen LogP contribution in [0.1, 0.15) is 12.8 Å². The van der Waals surface area contributed by atoms with Crippen molar-refractivity contribution in [2.24, 2.45) is 5.73 Å². The molecule has 0 aliphatic carbocycles. The Morgan fingerprint density at radius 2 is 1.42 bits per heavy atom. The molecule has 0 radical (unpaired) electrons. The van der Waals surface area contributed by atoms with Gasteiger partial charge in [-0.3, -0.25) is 23.6 Å². The number of nitrogens with zero attached hydrogens (tertiary/aromatic N) is 1. The summed E-state index contributed by atoms with van der Waals surface area (Å²) in [5, 5.41) is 9.31. The summed E-state index contributed by atoms with van der Waals surface area (Å²) < 4.78 is 23.3. The van der Waals surface area contributed by atoms with Gasteiger partial charge in [0.2, 0.25) is 5.91 Å². The molecule has 11 nitrogen and oxygen atoms in total. The summed E-state index contributed by atoms with van der Waals surface area (Å²) in [5.74, 6) is -6.60. The number of hydrogen-bond acceptors (Lipinski definition) is 5. The van der Waals surface area contributed by atoms with Crippen LogP contribution in [0.2, 0.25) is 0 Å². The molecule has 0 aliphatic heterocycles. The maximum atomic E-state index is 11.6. The molecule has 0 saturated carbocycles. The molecular formula is C11H20N2O9P2. The van der Waals surface area contributed by atoms with Gasteiger partial charge in [-0.2, -0.15) is 0 Å². The molecule has 0 heterocycles. The lowest BCUT2D eigenvalue weighted by Gasteiger charge is -2.39. The fourth-order valence-corrected chi connectivity index (χ4v) is 4.03. The van der Waals surface area contributed by atoms with Gasteiger partial charge in [0.05, 0.1) is 0 Å². The first-order valence-corrected chi connectivity index (χ1v) is 9.77. The third-order valence-electron chi connectivity index (χ3n) is 3.03. The Morgan fingerprint density at radius 3 is 1.62 bits per heavy atom. The molecule has 0 aliphatic rings. The first kappa shape index (κ1) is 22.7. The molecule has 0 spiro atoms. The summed E-state index contributed by atoms with van der Waals surface area (Å²) in [6.45, 7) is 6.36. The van der Waals surface area contributed by atoms with Crippen molar-refractivity contribution in [3.05, 3.63) is 25.3 Å². The minimum atomic E-state index is -5.07. The minimum absolute atomic E-state index is 0.396. The highest BCUT2D eigenvalue weighted by atomic mass is 31.2. The zero-order valence-corrected chi connectivity index (χ0v) is 14.3. The summed E-state index contributed by atoms with van der Waals surface area (Å²) >= 11 is 0. The molecule has 138 valence electrons. The Bertz CT molecular complexity index is 562. The number of amides is 1. The number of carbonyl (C=O) groups is 2. The molecule has 0 saturated heterocycles. The highest BCUT2D eigenvalue weighted by molar-refractivity contribution is 7.53. The number of rotatable bonds is 11. The molecule has 1 amide bonds. The first-order valence-electron chi connectivity index (χ1n) is 6.41. The van der Waals surface area contributed by atoms with E-state index in [2.05, 4.69) is 13.2 Å². The Hall–Kier alpha value is -1.32. The molecule has 0 rings (SSSR count). The molecule has 0 aromatic carbocycles. The molecule has 0 bridgehead atoms. The van der Waals surface area contributed by atoms with Gasteiger partial charge in [0.25, 0.3) is 0 Å². The highest BCUT2D eigenvalue weighted by Gasteiger charge is 2.47. The van der Waals surface area contributed by atoms with E-state index in [4.69, 9.17) is 5.73 Å². The lowest BCUT2D eigenvalue weighted by Crippen LogP contribution is -2.51. The van der Waals surface area contributed by atoms with Crippen LogP contribution in [0.3, 0.4) is 0 Å². The van der Waals surface area contributed by atoms with Crippen LogP contribution in [0.5, 0.6) is 0 Å². The van der Waals surface area contributed by atoms with E-state index in [1.54, 1.807) is 0 Å². The molecule has 7 N–H and O–H groups in total. The summed E-state index contributed by atoms with van der Waals surface area (Å²) in [4.78, 5) is 60.3. The summed E-state index contributed by atoms with van der Waals surface area (Å²) in [5.41, 5.74) is 4.93. The van der Waals surface area contributed by atoms with Crippen molar-refractivity contribution in [2.45, 2.75) is 30.4 Å². The van der Waals surface area contributed by atoms with E-state index < -0.39 is 57.5 Å². The predicted octanol–water partition coefficient (Wildman–Crippen LogP) is -0.613. The lowest BCUT2D eigenvalue weighted by molar-refractivity contribution is -0.144. The van der Waals surface area contributed by atoms with Crippen LogP contribution >= 0.6 is 15.2 Å². The number of aliphatic carboxylic acids is 1. The van der Waals surface area contributed by atoms with E-state index in [0.29, 0.717) is 17.1 Å². The van der Waals surface area contributed by atoms with E-state index in [1.165, 1.54) is 0 Å². The monoisotopic (exact) mass is 386 g/mol. The van der Waals surface area contributed by atoms with Crippen molar-refractivity contribution >= 4 is 27.1 Å². The van der Waals surface area contributed by atoms with Crippen molar-refractivity contribution in [2.75, 3.05) is 0 Å². The van der Waals surface area contributed by atoms with Crippen molar-refractivity contribution in [1.29, 1.82) is 0 Å². The molecule has 0 aromatic rings. The smallest absolute Gasteiger partial charge is 0.346 e. The third kappa shape index (κ3) is 6.29. The number of carboxylic acids is 1. The lowest BCUT2D eigenvalue weighted by atomic mass is 10.1. The van der Waals surface area contributed by atoms with Crippen LogP contribution in [0.25, 0.3) is 0 Å². The second-order valence-electron chi connectivity index (χ2n) is 4.78. The Balaban J connectivity index is 6.25. The normalized spacial score (nSPS) is 16.2. The van der Waals surface area contributed by atoms with Gasteiger partial charge in [-0.1, -0.05) is 12.2 Å². The van der Waals surface area contributed by atoms with Gasteiger partial charge >= 0.3 is 21.2 Å². The van der Waals surface area contributed by atoms with Crippen LogP contribution in [0.4, 0.5) is 0 Å². The topological polar surface area (TPSA) is 199 Å². The Labute approximate surface area is 137 Å². The largest absolute Gasteiger partial charge is 0.480 e. The molecule has 0 fully saturated rings. The van der Waals surface area contributed by atoms with Crippen molar-refractivity contribution in [3.63, 3.8) is 0 Å². The molecular weight excluding hydrogens is 366 g/mol. The predicted molar refractivity (Wildman–Crippen MR) is 83.7 cm³/mol. The van der Waals surface area contributed by atoms with E-state index in [-0.39, 0.29) is 0 Å². The molecule has 24 heavy (non-hydrogen) atoms. The summed E-state index contributed by atoms with van der Waals surface area (Å²) in [6.07, 6.45) is 0.336. The SMILES string of the molecule is C=CC(N(C(CCC(N)=O)C(=O)O)C(C=C)P(=O)(O)O)P(=O)(O)O. The molecule has 0 aromatic heterocycles.